The summed E-state index contributed by atoms with van der Waals surface area (Å²) in [4.78, 5) is 18.6. The van der Waals surface area contributed by atoms with E-state index < -0.39 is 0 Å². The Morgan fingerprint density at radius 3 is 2.19 bits per heavy atom. The Morgan fingerprint density at radius 2 is 1.52 bits per heavy atom. The van der Waals surface area contributed by atoms with Crippen molar-refractivity contribution in [1.29, 1.82) is 0 Å². The fraction of sp³-hybridized carbons (Fsp3) is 0.296. The van der Waals surface area contributed by atoms with Crippen LogP contribution in [0.15, 0.2) is 71.6 Å². The quantitative estimate of drug-likeness (QED) is 0.473. The largest absolute Gasteiger partial charge is 0.368 e. The van der Waals surface area contributed by atoms with E-state index >= 15 is 0 Å². The molecule has 1 heterocycles. The summed E-state index contributed by atoms with van der Waals surface area (Å²) in [5.41, 5.74) is 7.24. The van der Waals surface area contributed by atoms with Gasteiger partial charge in [0.05, 0.1) is 0 Å². The van der Waals surface area contributed by atoms with Crippen LogP contribution in [0.5, 0.6) is 0 Å². The van der Waals surface area contributed by atoms with Gasteiger partial charge in [0.2, 0.25) is 0 Å². The molecule has 0 unspecified atom stereocenters. The summed E-state index contributed by atoms with van der Waals surface area (Å²) < 4.78 is 0. The molecule has 3 aromatic carbocycles. The van der Waals surface area contributed by atoms with Crippen molar-refractivity contribution in [2.75, 3.05) is 31.1 Å². The zero-order valence-electron chi connectivity index (χ0n) is 18.6. The predicted octanol–water partition coefficient (Wildman–Crippen LogP) is 5.87. The maximum atomic E-state index is 13.0. The van der Waals surface area contributed by atoms with Crippen LogP contribution in [-0.2, 0) is 5.75 Å². The molecular weight excluding hydrogens is 400 g/mol. The van der Waals surface area contributed by atoms with E-state index in [0.29, 0.717) is 0 Å². The summed E-state index contributed by atoms with van der Waals surface area (Å²) in [7, 11) is 0. The van der Waals surface area contributed by atoms with Crippen molar-refractivity contribution in [2.45, 2.75) is 31.4 Å². The first-order valence-electron chi connectivity index (χ1n) is 10.9. The molecule has 31 heavy (non-hydrogen) atoms. The molecule has 160 valence electrons. The molecule has 0 bridgehead atoms. The Morgan fingerprint density at radius 1 is 0.839 bits per heavy atom. The summed E-state index contributed by atoms with van der Waals surface area (Å²) in [6, 6.07) is 23.2. The zero-order chi connectivity index (χ0) is 21.8. The molecule has 0 N–H and O–H groups in total. The molecular formula is C27H30N2OS. The Balaban J connectivity index is 1.32. The highest BCUT2D eigenvalue weighted by Crippen LogP contribution is 2.25. The Bertz CT molecular complexity index is 1040. The highest BCUT2D eigenvalue weighted by molar-refractivity contribution is 7.98. The number of rotatable bonds is 5. The van der Waals surface area contributed by atoms with Crippen LogP contribution in [0.1, 0.15) is 32.6 Å². The average molecular weight is 431 g/mol. The van der Waals surface area contributed by atoms with Crippen LogP contribution in [0.4, 0.5) is 5.69 Å². The molecule has 4 heteroatoms. The third-order valence-corrected chi connectivity index (χ3v) is 7.19. The molecule has 1 amide bonds. The summed E-state index contributed by atoms with van der Waals surface area (Å²) >= 11 is 1.82. The van der Waals surface area contributed by atoms with Crippen molar-refractivity contribution in [1.82, 2.24) is 4.90 Å². The second-order valence-electron chi connectivity index (χ2n) is 8.30. The normalized spacial score (nSPS) is 14.0. The maximum Gasteiger partial charge on any atom is 0.253 e. The number of aryl methyl sites for hydroxylation is 2. The summed E-state index contributed by atoms with van der Waals surface area (Å²) in [5.74, 6) is 1.05. The lowest BCUT2D eigenvalue weighted by Gasteiger charge is -2.37. The van der Waals surface area contributed by atoms with Crippen LogP contribution in [0, 0.1) is 20.8 Å². The Hall–Kier alpha value is -2.72. The molecule has 0 aliphatic carbocycles. The summed E-state index contributed by atoms with van der Waals surface area (Å²) in [5, 5.41) is 0. The molecule has 0 saturated carbocycles. The minimum atomic E-state index is 0.137. The molecule has 4 rings (SSSR count). The summed E-state index contributed by atoms with van der Waals surface area (Å²) in [6.07, 6.45) is 0. The topological polar surface area (TPSA) is 23.6 Å². The minimum Gasteiger partial charge on any atom is -0.368 e. The van der Waals surface area contributed by atoms with Gasteiger partial charge in [-0.3, -0.25) is 4.79 Å². The van der Waals surface area contributed by atoms with Crippen LogP contribution < -0.4 is 4.90 Å². The van der Waals surface area contributed by atoms with Gasteiger partial charge >= 0.3 is 0 Å². The van der Waals surface area contributed by atoms with Gasteiger partial charge in [0.1, 0.15) is 0 Å². The molecule has 3 nitrogen and oxygen atoms in total. The van der Waals surface area contributed by atoms with Crippen LogP contribution >= 0.6 is 11.8 Å². The third kappa shape index (κ3) is 5.13. The van der Waals surface area contributed by atoms with E-state index in [9.17, 15) is 4.79 Å². The second kappa shape index (κ2) is 9.61. The van der Waals surface area contributed by atoms with E-state index in [0.717, 1.165) is 37.5 Å². The van der Waals surface area contributed by atoms with E-state index in [1.807, 2.05) is 28.8 Å². The number of benzene rings is 3. The molecule has 1 fully saturated rings. The molecule has 1 aliphatic rings. The SMILES string of the molecule is Cc1ccc(SCc2ccc(C(=O)N3CCN(c4cccc(C)c4C)CC3)cc2)cc1. The molecule has 0 atom stereocenters. The van der Waals surface area contributed by atoms with Gasteiger partial charge in [-0.25, -0.2) is 0 Å². The number of thioether (sulfide) groups is 1. The van der Waals surface area contributed by atoms with Gasteiger partial charge in [0, 0.05) is 48.1 Å². The first-order valence-corrected chi connectivity index (χ1v) is 11.9. The van der Waals surface area contributed by atoms with Gasteiger partial charge in [-0.2, -0.15) is 0 Å². The number of hydrogen-bond acceptors (Lipinski definition) is 3. The lowest BCUT2D eigenvalue weighted by Crippen LogP contribution is -2.49. The second-order valence-corrected chi connectivity index (χ2v) is 9.35. The van der Waals surface area contributed by atoms with Gasteiger partial charge in [-0.05, 0) is 67.8 Å². The van der Waals surface area contributed by atoms with Crippen molar-refractivity contribution in [2.24, 2.45) is 0 Å². The lowest BCUT2D eigenvalue weighted by molar-refractivity contribution is 0.0747. The van der Waals surface area contributed by atoms with Gasteiger partial charge in [-0.1, -0.05) is 42.0 Å². The number of piperazine rings is 1. The van der Waals surface area contributed by atoms with Gasteiger partial charge in [-0.15, -0.1) is 11.8 Å². The van der Waals surface area contributed by atoms with Gasteiger partial charge in [0.25, 0.3) is 5.91 Å². The smallest absolute Gasteiger partial charge is 0.253 e. The molecule has 0 spiro atoms. The van der Waals surface area contributed by atoms with E-state index in [1.165, 1.54) is 32.8 Å². The first kappa shape index (κ1) is 21.5. The van der Waals surface area contributed by atoms with E-state index in [4.69, 9.17) is 0 Å². The predicted molar refractivity (Wildman–Crippen MR) is 131 cm³/mol. The average Bonchev–Trinajstić information content (AvgIpc) is 2.80. The number of anilines is 1. The number of hydrogen-bond donors (Lipinski definition) is 0. The minimum absolute atomic E-state index is 0.137. The first-order chi connectivity index (χ1) is 15.0. The van der Waals surface area contributed by atoms with Crippen LogP contribution in [-0.4, -0.2) is 37.0 Å². The fourth-order valence-electron chi connectivity index (χ4n) is 3.96. The van der Waals surface area contributed by atoms with Crippen molar-refractivity contribution >= 4 is 23.4 Å². The van der Waals surface area contributed by atoms with Gasteiger partial charge in [0.15, 0.2) is 0 Å². The molecule has 3 aromatic rings. The molecule has 0 radical (unpaired) electrons. The fourth-order valence-corrected chi connectivity index (χ4v) is 4.81. The molecule has 0 aromatic heterocycles. The van der Waals surface area contributed by atoms with Crippen LogP contribution in [0.25, 0.3) is 0 Å². The van der Waals surface area contributed by atoms with Crippen molar-refractivity contribution < 1.29 is 4.79 Å². The summed E-state index contributed by atoms with van der Waals surface area (Å²) in [6.45, 7) is 9.72. The number of carbonyl (C=O) groups excluding carboxylic acids is 1. The van der Waals surface area contributed by atoms with E-state index in [1.54, 1.807) is 0 Å². The van der Waals surface area contributed by atoms with Crippen molar-refractivity contribution in [3.8, 4) is 0 Å². The maximum absolute atomic E-state index is 13.0. The monoisotopic (exact) mass is 430 g/mol. The van der Waals surface area contributed by atoms with Gasteiger partial charge < -0.3 is 9.80 Å². The number of nitrogens with zero attached hydrogens (tertiary/aromatic N) is 2. The molecule has 1 saturated heterocycles. The number of carbonyl (C=O) groups is 1. The Kier molecular flexibility index (Phi) is 6.67. The van der Waals surface area contributed by atoms with Crippen LogP contribution in [0.2, 0.25) is 0 Å². The van der Waals surface area contributed by atoms with Crippen molar-refractivity contribution in [3.05, 3.63) is 94.5 Å². The van der Waals surface area contributed by atoms with Crippen LogP contribution in [0.3, 0.4) is 0 Å². The van der Waals surface area contributed by atoms with Crippen molar-refractivity contribution in [3.63, 3.8) is 0 Å². The highest BCUT2D eigenvalue weighted by Gasteiger charge is 2.23. The van der Waals surface area contributed by atoms with E-state index in [2.05, 4.69) is 80.3 Å². The molecule has 1 aliphatic heterocycles. The lowest BCUT2D eigenvalue weighted by atomic mass is 10.1. The number of amides is 1. The zero-order valence-corrected chi connectivity index (χ0v) is 19.4. The standard InChI is InChI=1S/C27H30N2OS/c1-20-7-13-25(14-8-20)31-19-23-9-11-24(12-10-23)27(30)29-17-15-28(16-18-29)26-6-4-5-21(2)22(26)3/h4-14H,15-19H2,1-3H3. The van der Waals surface area contributed by atoms with E-state index in [-0.39, 0.29) is 5.91 Å². The highest BCUT2D eigenvalue weighted by atomic mass is 32.2. The Labute approximate surface area is 190 Å². The third-order valence-electron chi connectivity index (χ3n) is 6.11.